The molecule has 0 spiro atoms. The number of hydrogen-bond donors (Lipinski definition) is 1. The first-order chi connectivity index (χ1) is 9.34. The summed E-state index contributed by atoms with van der Waals surface area (Å²) in [5.74, 6) is 2.16. The third-order valence-electron chi connectivity index (χ3n) is 4.96. The third kappa shape index (κ3) is 1.83. The molecule has 1 aromatic carbocycles. The number of rotatable bonds is 1. The standard InChI is InChI=1S/C16H21N3/c17-16(19-8-4-1-5-9-19)18-15-13-10-11-6-2-3-7-12(11)14(13)15/h2-3,6-7,13-15H,1,4-5,8-10H2,(H2,17,18). The Labute approximate surface area is 114 Å². The van der Waals surface area contributed by atoms with Gasteiger partial charge in [-0.05, 0) is 42.7 Å². The second kappa shape index (κ2) is 4.26. The average Bonchev–Trinajstić information content (AvgIpc) is 2.97. The molecule has 1 aromatic rings. The smallest absolute Gasteiger partial charge is 0.191 e. The van der Waals surface area contributed by atoms with Crippen molar-refractivity contribution in [3.05, 3.63) is 35.4 Å². The summed E-state index contributed by atoms with van der Waals surface area (Å²) in [5.41, 5.74) is 9.24. The molecule has 1 saturated heterocycles. The van der Waals surface area contributed by atoms with Crippen LogP contribution in [0.3, 0.4) is 0 Å². The van der Waals surface area contributed by atoms with Crippen LogP contribution in [0.15, 0.2) is 29.3 Å². The molecule has 0 amide bonds. The quantitative estimate of drug-likeness (QED) is 0.617. The number of fused-ring (bicyclic) bond motifs is 3. The van der Waals surface area contributed by atoms with Crippen molar-refractivity contribution in [1.29, 1.82) is 0 Å². The van der Waals surface area contributed by atoms with Crippen LogP contribution in [0.4, 0.5) is 0 Å². The highest BCUT2D eigenvalue weighted by atomic mass is 15.3. The van der Waals surface area contributed by atoms with Crippen LogP contribution >= 0.6 is 0 Å². The summed E-state index contributed by atoms with van der Waals surface area (Å²) in [6, 6.07) is 9.28. The van der Waals surface area contributed by atoms with Gasteiger partial charge in [-0.2, -0.15) is 0 Å². The van der Waals surface area contributed by atoms with Crippen molar-refractivity contribution in [2.75, 3.05) is 13.1 Å². The van der Waals surface area contributed by atoms with E-state index in [4.69, 9.17) is 10.7 Å². The summed E-state index contributed by atoms with van der Waals surface area (Å²) in [6.45, 7) is 2.18. The maximum Gasteiger partial charge on any atom is 0.191 e. The molecular weight excluding hydrogens is 234 g/mol. The van der Waals surface area contributed by atoms with E-state index in [1.807, 2.05) is 0 Å². The Balaban J connectivity index is 1.49. The van der Waals surface area contributed by atoms with E-state index in [0.29, 0.717) is 12.0 Å². The predicted octanol–water partition coefficient (Wildman–Crippen LogP) is 2.13. The Bertz CT molecular complexity index is 516. The van der Waals surface area contributed by atoms with Gasteiger partial charge in [-0.15, -0.1) is 0 Å². The van der Waals surface area contributed by atoms with Crippen molar-refractivity contribution in [3.63, 3.8) is 0 Å². The van der Waals surface area contributed by atoms with E-state index in [-0.39, 0.29) is 0 Å². The van der Waals surface area contributed by atoms with E-state index >= 15 is 0 Å². The van der Waals surface area contributed by atoms with E-state index < -0.39 is 0 Å². The number of nitrogens with zero attached hydrogens (tertiary/aromatic N) is 2. The monoisotopic (exact) mass is 255 g/mol. The first-order valence-electron chi connectivity index (χ1n) is 7.50. The molecule has 3 atom stereocenters. The number of benzene rings is 1. The molecule has 3 heteroatoms. The maximum atomic E-state index is 6.19. The van der Waals surface area contributed by atoms with E-state index in [1.54, 1.807) is 0 Å². The van der Waals surface area contributed by atoms with E-state index in [9.17, 15) is 0 Å². The van der Waals surface area contributed by atoms with Crippen molar-refractivity contribution in [2.45, 2.75) is 37.6 Å². The molecule has 0 bridgehead atoms. The molecular formula is C16H21N3. The van der Waals surface area contributed by atoms with Gasteiger partial charge in [0.2, 0.25) is 0 Å². The molecule has 1 heterocycles. The van der Waals surface area contributed by atoms with Crippen LogP contribution in [0.2, 0.25) is 0 Å². The molecule has 3 nitrogen and oxygen atoms in total. The topological polar surface area (TPSA) is 41.6 Å². The van der Waals surface area contributed by atoms with Crippen LogP contribution in [-0.4, -0.2) is 30.0 Å². The van der Waals surface area contributed by atoms with Crippen LogP contribution in [0.5, 0.6) is 0 Å². The number of guanidine groups is 1. The summed E-state index contributed by atoms with van der Waals surface area (Å²) < 4.78 is 0. The molecule has 1 saturated carbocycles. The lowest BCUT2D eigenvalue weighted by molar-refractivity contribution is 0.337. The Morgan fingerprint density at radius 3 is 2.79 bits per heavy atom. The molecule has 2 aliphatic carbocycles. The average molecular weight is 255 g/mol. The highest BCUT2D eigenvalue weighted by Crippen LogP contribution is 2.58. The highest BCUT2D eigenvalue weighted by Gasteiger charge is 2.56. The lowest BCUT2D eigenvalue weighted by atomic mass is 10.1. The fourth-order valence-corrected chi connectivity index (χ4v) is 3.85. The zero-order chi connectivity index (χ0) is 12.8. The second-order valence-corrected chi connectivity index (χ2v) is 6.12. The molecule has 3 aliphatic rings. The molecule has 4 rings (SSSR count). The molecule has 2 N–H and O–H groups in total. The third-order valence-corrected chi connectivity index (χ3v) is 4.96. The zero-order valence-corrected chi connectivity index (χ0v) is 11.3. The van der Waals surface area contributed by atoms with E-state index in [0.717, 1.165) is 25.0 Å². The van der Waals surface area contributed by atoms with Gasteiger partial charge in [0.15, 0.2) is 5.96 Å². The van der Waals surface area contributed by atoms with Gasteiger partial charge < -0.3 is 10.6 Å². The van der Waals surface area contributed by atoms with Gasteiger partial charge >= 0.3 is 0 Å². The lowest BCUT2D eigenvalue weighted by Crippen LogP contribution is -2.41. The van der Waals surface area contributed by atoms with Crippen molar-refractivity contribution < 1.29 is 0 Å². The summed E-state index contributed by atoms with van der Waals surface area (Å²) in [7, 11) is 0. The van der Waals surface area contributed by atoms with E-state index in [1.165, 1.54) is 36.8 Å². The molecule has 19 heavy (non-hydrogen) atoms. The molecule has 100 valence electrons. The Morgan fingerprint density at radius 1 is 1.16 bits per heavy atom. The Morgan fingerprint density at radius 2 is 1.95 bits per heavy atom. The fraction of sp³-hybridized carbons (Fsp3) is 0.562. The maximum absolute atomic E-state index is 6.19. The Kier molecular flexibility index (Phi) is 2.54. The van der Waals surface area contributed by atoms with Crippen LogP contribution in [0.1, 0.15) is 36.3 Å². The van der Waals surface area contributed by atoms with Crippen LogP contribution in [0, 0.1) is 5.92 Å². The molecule has 3 unspecified atom stereocenters. The SMILES string of the molecule is NC(=NC1C2Cc3ccccc3C21)N1CCCCC1. The normalized spacial score (nSPS) is 32.9. The van der Waals surface area contributed by atoms with Crippen LogP contribution < -0.4 is 5.73 Å². The van der Waals surface area contributed by atoms with Gasteiger partial charge in [0, 0.05) is 19.0 Å². The van der Waals surface area contributed by atoms with Gasteiger partial charge in [-0.1, -0.05) is 24.3 Å². The highest BCUT2D eigenvalue weighted by molar-refractivity contribution is 5.79. The summed E-state index contributed by atoms with van der Waals surface area (Å²) in [6.07, 6.45) is 5.06. The molecule has 1 aliphatic heterocycles. The number of likely N-dealkylation sites (tertiary alicyclic amines) is 1. The fourth-order valence-electron chi connectivity index (χ4n) is 3.85. The van der Waals surface area contributed by atoms with Crippen LogP contribution in [-0.2, 0) is 6.42 Å². The van der Waals surface area contributed by atoms with Crippen LogP contribution in [0.25, 0.3) is 0 Å². The van der Waals surface area contributed by atoms with E-state index in [2.05, 4.69) is 29.2 Å². The number of nitrogens with two attached hydrogens (primary N) is 1. The van der Waals surface area contributed by atoms with Gasteiger partial charge in [-0.3, -0.25) is 0 Å². The zero-order valence-electron chi connectivity index (χ0n) is 11.3. The minimum absolute atomic E-state index is 0.455. The number of piperidine rings is 1. The molecule has 2 fully saturated rings. The van der Waals surface area contributed by atoms with Gasteiger partial charge in [0.25, 0.3) is 0 Å². The minimum atomic E-state index is 0.455. The number of hydrogen-bond acceptors (Lipinski definition) is 1. The first-order valence-corrected chi connectivity index (χ1v) is 7.50. The largest absolute Gasteiger partial charge is 0.370 e. The molecule has 0 aromatic heterocycles. The Hall–Kier alpha value is -1.51. The summed E-state index contributed by atoms with van der Waals surface area (Å²) >= 11 is 0. The summed E-state index contributed by atoms with van der Waals surface area (Å²) in [4.78, 5) is 7.08. The van der Waals surface area contributed by atoms with Crippen molar-refractivity contribution in [3.8, 4) is 0 Å². The lowest BCUT2D eigenvalue weighted by Gasteiger charge is -2.27. The minimum Gasteiger partial charge on any atom is -0.370 e. The van der Waals surface area contributed by atoms with Gasteiger partial charge in [0.1, 0.15) is 0 Å². The van der Waals surface area contributed by atoms with Crippen molar-refractivity contribution >= 4 is 5.96 Å². The summed E-state index contributed by atoms with van der Waals surface area (Å²) in [5, 5.41) is 0. The number of aliphatic imine (C=N–C) groups is 1. The van der Waals surface area contributed by atoms with Gasteiger partial charge in [-0.25, -0.2) is 4.99 Å². The first kappa shape index (κ1) is 11.3. The van der Waals surface area contributed by atoms with Crippen molar-refractivity contribution in [1.82, 2.24) is 4.90 Å². The second-order valence-electron chi connectivity index (χ2n) is 6.12. The molecule has 0 radical (unpaired) electrons. The van der Waals surface area contributed by atoms with Crippen molar-refractivity contribution in [2.24, 2.45) is 16.6 Å². The predicted molar refractivity (Wildman–Crippen MR) is 77.2 cm³/mol. The van der Waals surface area contributed by atoms with Gasteiger partial charge in [0.05, 0.1) is 6.04 Å².